The fourth-order valence-electron chi connectivity index (χ4n) is 2.19. The van der Waals surface area contributed by atoms with E-state index in [4.69, 9.17) is 11.6 Å². The topological polar surface area (TPSA) is 51.2 Å². The first-order valence-corrected chi connectivity index (χ1v) is 7.70. The highest BCUT2D eigenvalue weighted by Crippen LogP contribution is 2.33. The lowest BCUT2D eigenvalue weighted by molar-refractivity contribution is 0.112. The fraction of sp³-hybridized carbons (Fsp3) is 0. The Labute approximate surface area is 121 Å². The summed E-state index contributed by atoms with van der Waals surface area (Å²) in [4.78, 5) is 11.2. The summed E-state index contributed by atoms with van der Waals surface area (Å²) in [6, 6.07) is 9.25. The quantitative estimate of drug-likeness (QED) is 0.647. The second-order valence-electron chi connectivity index (χ2n) is 4.43. The minimum absolute atomic E-state index is 0.138. The molecule has 0 saturated carbocycles. The third-order valence-electron chi connectivity index (χ3n) is 3.17. The summed E-state index contributed by atoms with van der Waals surface area (Å²) in [6.07, 6.45) is 4.06. The summed E-state index contributed by atoms with van der Waals surface area (Å²) >= 11 is 5.91. The average molecular weight is 305 g/mol. The number of hydrogen-bond donors (Lipinski definition) is 0. The molecule has 100 valence electrons. The molecule has 0 saturated heterocycles. The molecule has 0 aromatic heterocycles. The highest BCUT2D eigenvalue weighted by molar-refractivity contribution is 7.91. The van der Waals surface area contributed by atoms with Gasteiger partial charge in [0.15, 0.2) is 0 Å². The van der Waals surface area contributed by atoms with Crippen LogP contribution >= 0.6 is 11.6 Å². The molecule has 2 aromatic carbocycles. The van der Waals surface area contributed by atoms with E-state index in [0.717, 1.165) is 0 Å². The number of carbonyl (C=O) groups excluding carboxylic acids is 1. The van der Waals surface area contributed by atoms with Gasteiger partial charge in [-0.15, -0.1) is 0 Å². The van der Waals surface area contributed by atoms with Gasteiger partial charge < -0.3 is 0 Å². The Kier molecular flexibility index (Phi) is 3.00. The summed E-state index contributed by atoms with van der Waals surface area (Å²) in [5.74, 6) is 0. The number of carbonyl (C=O) groups is 1. The molecule has 0 N–H and O–H groups in total. The standard InChI is InChI=1S/C15H9ClO3S/c16-13-5-6-14-12(8-13)4-3-11-2-1-10(9-17)7-15(11)20(14,18)19/h1-9H. The molecular formula is C15H9ClO3S. The molecule has 0 spiro atoms. The van der Waals surface area contributed by atoms with Gasteiger partial charge in [-0.2, -0.15) is 0 Å². The van der Waals surface area contributed by atoms with E-state index in [0.29, 0.717) is 28.0 Å². The first-order valence-electron chi connectivity index (χ1n) is 5.84. The maximum absolute atomic E-state index is 12.7. The maximum Gasteiger partial charge on any atom is 0.207 e. The van der Waals surface area contributed by atoms with Crippen LogP contribution in [-0.2, 0) is 9.84 Å². The molecule has 0 atom stereocenters. The fourth-order valence-corrected chi connectivity index (χ4v) is 4.03. The van der Waals surface area contributed by atoms with Crippen molar-refractivity contribution in [3.63, 3.8) is 0 Å². The Morgan fingerprint density at radius 2 is 1.65 bits per heavy atom. The number of halogens is 1. The van der Waals surface area contributed by atoms with Crippen LogP contribution in [0.2, 0.25) is 5.02 Å². The van der Waals surface area contributed by atoms with E-state index in [-0.39, 0.29) is 9.79 Å². The highest BCUT2D eigenvalue weighted by atomic mass is 35.5. The molecule has 0 amide bonds. The highest BCUT2D eigenvalue weighted by Gasteiger charge is 2.25. The summed E-state index contributed by atoms with van der Waals surface area (Å²) in [7, 11) is -3.67. The molecule has 1 aliphatic rings. The van der Waals surface area contributed by atoms with Gasteiger partial charge in [0.05, 0.1) is 9.79 Å². The van der Waals surface area contributed by atoms with Crippen LogP contribution in [0.5, 0.6) is 0 Å². The van der Waals surface area contributed by atoms with Crippen molar-refractivity contribution in [2.75, 3.05) is 0 Å². The largest absolute Gasteiger partial charge is 0.298 e. The Morgan fingerprint density at radius 1 is 0.900 bits per heavy atom. The summed E-state index contributed by atoms with van der Waals surface area (Å²) in [5.41, 5.74) is 1.43. The zero-order chi connectivity index (χ0) is 14.3. The molecule has 3 rings (SSSR count). The van der Waals surface area contributed by atoms with Crippen molar-refractivity contribution in [3.05, 3.63) is 58.1 Å². The molecule has 1 heterocycles. The first kappa shape index (κ1) is 13.1. The van der Waals surface area contributed by atoms with Crippen molar-refractivity contribution in [2.45, 2.75) is 9.79 Å². The molecule has 5 heteroatoms. The Hall–Kier alpha value is -1.91. The average Bonchev–Trinajstić information content (AvgIpc) is 2.54. The van der Waals surface area contributed by atoms with Crippen LogP contribution in [-0.4, -0.2) is 14.7 Å². The van der Waals surface area contributed by atoms with Gasteiger partial charge in [0, 0.05) is 10.6 Å². The zero-order valence-corrected chi connectivity index (χ0v) is 11.8. The van der Waals surface area contributed by atoms with Crippen LogP contribution in [0.3, 0.4) is 0 Å². The number of hydrogen-bond acceptors (Lipinski definition) is 3. The minimum atomic E-state index is -3.67. The third-order valence-corrected chi connectivity index (χ3v) is 5.29. The van der Waals surface area contributed by atoms with E-state index in [9.17, 15) is 13.2 Å². The molecule has 1 aliphatic heterocycles. The Balaban J connectivity index is 2.37. The second-order valence-corrected chi connectivity index (χ2v) is 6.76. The predicted molar refractivity (Wildman–Crippen MR) is 77.7 cm³/mol. The van der Waals surface area contributed by atoms with Gasteiger partial charge in [-0.05, 0) is 35.4 Å². The van der Waals surface area contributed by atoms with Gasteiger partial charge >= 0.3 is 0 Å². The monoisotopic (exact) mass is 304 g/mol. The van der Waals surface area contributed by atoms with E-state index in [2.05, 4.69) is 0 Å². The molecule has 3 nitrogen and oxygen atoms in total. The molecule has 2 aromatic rings. The van der Waals surface area contributed by atoms with Crippen LogP contribution in [0, 0.1) is 0 Å². The van der Waals surface area contributed by atoms with E-state index in [1.165, 1.54) is 12.1 Å². The van der Waals surface area contributed by atoms with Gasteiger partial charge in [-0.1, -0.05) is 35.9 Å². The van der Waals surface area contributed by atoms with Gasteiger partial charge in [0.1, 0.15) is 6.29 Å². The first-order chi connectivity index (χ1) is 9.52. The SMILES string of the molecule is O=Cc1ccc2c(c1)S(=O)(=O)c1ccc(Cl)cc1C=C2. The Morgan fingerprint density at radius 3 is 2.40 bits per heavy atom. The smallest absolute Gasteiger partial charge is 0.207 e. The van der Waals surface area contributed by atoms with Crippen LogP contribution in [0.1, 0.15) is 21.5 Å². The van der Waals surface area contributed by atoms with E-state index in [1.807, 2.05) is 0 Å². The maximum atomic E-state index is 12.7. The van der Waals surface area contributed by atoms with Crippen LogP contribution in [0.25, 0.3) is 12.2 Å². The van der Waals surface area contributed by atoms with Crippen molar-refractivity contribution < 1.29 is 13.2 Å². The number of fused-ring (bicyclic) bond motifs is 2. The van der Waals surface area contributed by atoms with Crippen molar-refractivity contribution in [2.24, 2.45) is 0 Å². The lowest BCUT2D eigenvalue weighted by atomic mass is 10.1. The van der Waals surface area contributed by atoms with Crippen molar-refractivity contribution >= 4 is 39.9 Å². The van der Waals surface area contributed by atoms with Crippen molar-refractivity contribution in [3.8, 4) is 0 Å². The molecule has 0 bridgehead atoms. The number of sulfone groups is 1. The lowest BCUT2D eigenvalue weighted by Gasteiger charge is -2.08. The Bertz CT molecular complexity index is 851. The molecule has 0 fully saturated rings. The molecule has 20 heavy (non-hydrogen) atoms. The van der Waals surface area contributed by atoms with E-state index >= 15 is 0 Å². The van der Waals surface area contributed by atoms with Crippen LogP contribution in [0.4, 0.5) is 0 Å². The van der Waals surface area contributed by atoms with Gasteiger partial charge in [0.2, 0.25) is 9.84 Å². The number of rotatable bonds is 1. The zero-order valence-electron chi connectivity index (χ0n) is 10.2. The summed E-state index contributed by atoms with van der Waals surface area (Å²) < 4.78 is 25.4. The molecule has 0 aliphatic carbocycles. The van der Waals surface area contributed by atoms with Gasteiger partial charge in [0.25, 0.3) is 0 Å². The van der Waals surface area contributed by atoms with Crippen molar-refractivity contribution in [1.82, 2.24) is 0 Å². The second kappa shape index (κ2) is 4.58. The normalized spacial score (nSPS) is 15.1. The van der Waals surface area contributed by atoms with E-state index in [1.54, 1.807) is 36.4 Å². The summed E-state index contributed by atoms with van der Waals surface area (Å²) in [5, 5.41) is 0.475. The summed E-state index contributed by atoms with van der Waals surface area (Å²) in [6.45, 7) is 0. The van der Waals surface area contributed by atoms with E-state index < -0.39 is 9.84 Å². The third kappa shape index (κ3) is 1.97. The van der Waals surface area contributed by atoms with Crippen LogP contribution in [0.15, 0.2) is 46.2 Å². The molecule has 0 radical (unpaired) electrons. The predicted octanol–water partition coefficient (Wildman–Crippen LogP) is 3.47. The number of aldehydes is 1. The van der Waals surface area contributed by atoms with Gasteiger partial charge in [-0.25, -0.2) is 8.42 Å². The minimum Gasteiger partial charge on any atom is -0.298 e. The number of benzene rings is 2. The van der Waals surface area contributed by atoms with Gasteiger partial charge in [-0.3, -0.25) is 4.79 Å². The van der Waals surface area contributed by atoms with Crippen molar-refractivity contribution in [1.29, 1.82) is 0 Å². The molecular weight excluding hydrogens is 296 g/mol. The van der Waals surface area contributed by atoms with Crippen LogP contribution < -0.4 is 0 Å². The molecule has 0 unspecified atom stereocenters. The lowest BCUT2D eigenvalue weighted by Crippen LogP contribution is -2.05.